The molecule has 10 nitrogen and oxygen atoms in total. The lowest BCUT2D eigenvalue weighted by molar-refractivity contribution is -0.471. The Morgan fingerprint density at radius 1 is 0.362 bits per heavy atom. The lowest BCUT2D eigenvalue weighted by Gasteiger charge is -2.19. The quantitative estimate of drug-likeness (QED) is 0.0520. The fourth-order valence-electron chi connectivity index (χ4n) is 5.38. The number of hydrogen-bond donors (Lipinski definition) is 0. The van der Waals surface area contributed by atoms with Gasteiger partial charge in [-0.2, -0.15) is 0 Å². The van der Waals surface area contributed by atoms with Crippen molar-refractivity contribution in [1.29, 1.82) is 0 Å². The van der Waals surface area contributed by atoms with Crippen molar-refractivity contribution < 1.29 is 42.9 Å². The van der Waals surface area contributed by atoms with Gasteiger partial charge in [0, 0.05) is 16.7 Å². The molecule has 0 bridgehead atoms. The minimum absolute atomic E-state index is 0.271. The predicted octanol–water partition coefficient (Wildman–Crippen LogP) is 10.8. The normalized spacial score (nSPS) is 11.7. The van der Waals surface area contributed by atoms with Gasteiger partial charge in [-0.3, -0.25) is 0 Å². The molecule has 0 N–H and O–H groups in total. The molecular weight excluding hydrogens is 735 g/mol. The van der Waals surface area contributed by atoms with Crippen molar-refractivity contribution in [1.82, 2.24) is 5.39 Å². The molecule has 10 heteroatoms. The highest BCUT2D eigenvalue weighted by atomic mass is 17.2. The summed E-state index contributed by atoms with van der Waals surface area (Å²) in [6.07, 6.45) is 4.17. The zero-order valence-electron chi connectivity index (χ0n) is 32.6. The highest BCUT2D eigenvalue weighted by Crippen LogP contribution is 2.26. The second-order valence-corrected chi connectivity index (χ2v) is 12.5. The van der Waals surface area contributed by atoms with Gasteiger partial charge in [0.05, 0.1) is 21.3 Å². The number of benzene rings is 6. The van der Waals surface area contributed by atoms with Gasteiger partial charge in [-0.25, -0.2) is 0 Å². The number of ether oxygens (including phenoxy) is 6. The summed E-state index contributed by atoms with van der Waals surface area (Å²) in [6, 6.07) is 51.6. The maximum absolute atomic E-state index is 6.30. The molecule has 0 spiro atoms. The molecule has 6 rings (SSSR count). The molecule has 58 heavy (non-hydrogen) atoms. The Bertz CT molecular complexity index is 1940. The van der Waals surface area contributed by atoms with Gasteiger partial charge >= 0.3 is 0 Å². The van der Waals surface area contributed by atoms with Crippen molar-refractivity contribution >= 4 is 17.3 Å². The van der Waals surface area contributed by atoms with E-state index < -0.39 is 0 Å². The van der Waals surface area contributed by atoms with E-state index in [2.05, 4.69) is 0 Å². The van der Waals surface area contributed by atoms with E-state index in [1.54, 1.807) is 21.3 Å². The summed E-state index contributed by atoms with van der Waals surface area (Å²) in [6.45, 7) is 0.814. The summed E-state index contributed by atoms with van der Waals surface area (Å²) < 4.78 is 35.1. The van der Waals surface area contributed by atoms with Crippen LogP contribution in [-0.2, 0) is 48.5 Å². The molecule has 0 atom stereocenters. The van der Waals surface area contributed by atoms with Gasteiger partial charge in [0.25, 0.3) is 0 Å². The molecule has 0 aromatic heterocycles. The lowest BCUT2D eigenvalue weighted by Crippen LogP contribution is -2.19. The van der Waals surface area contributed by atoms with Gasteiger partial charge in [-0.05, 0) is 89.5 Å². The summed E-state index contributed by atoms with van der Waals surface area (Å²) in [7, 11) is 4.84. The smallest absolute Gasteiger partial charge is 0.233 e. The maximum Gasteiger partial charge on any atom is 0.233 e. The van der Waals surface area contributed by atoms with Crippen LogP contribution in [0.4, 0.5) is 0 Å². The average molecular weight is 780 g/mol. The number of methoxy groups -OCH3 is 3. The van der Waals surface area contributed by atoms with Crippen molar-refractivity contribution in [3.05, 3.63) is 216 Å². The molecule has 6 aromatic rings. The van der Waals surface area contributed by atoms with Gasteiger partial charge in [-0.1, -0.05) is 91.0 Å². The van der Waals surface area contributed by atoms with E-state index >= 15 is 0 Å². The Labute approximate surface area is 339 Å². The van der Waals surface area contributed by atoms with Crippen LogP contribution in [0.3, 0.4) is 0 Å². The van der Waals surface area contributed by atoms with Gasteiger partial charge in [-0.15, -0.1) is 0 Å². The Balaban J connectivity index is 1.34. The molecule has 0 saturated carbocycles. The third-order valence-electron chi connectivity index (χ3n) is 8.57. The number of rotatable bonds is 21. The minimum Gasteiger partial charge on any atom is -0.497 e. The van der Waals surface area contributed by atoms with E-state index in [9.17, 15) is 0 Å². The van der Waals surface area contributed by atoms with Crippen molar-refractivity contribution in [2.45, 2.75) is 19.8 Å². The Hall–Kier alpha value is -7.30. The summed E-state index contributed by atoms with van der Waals surface area (Å²) in [5.74, 6) is 3.26. The minimum atomic E-state index is 0.271. The number of hydrogen-bond acceptors (Lipinski definition) is 10. The molecule has 0 saturated heterocycles. The molecule has 0 radical (unpaired) electrons. The molecule has 0 aliphatic heterocycles. The molecular formula is C48H45NO9. The van der Waals surface area contributed by atoms with E-state index in [-0.39, 0.29) is 19.8 Å². The molecule has 0 heterocycles. The number of nitrogens with zero attached hydrogens (tertiary/aromatic N) is 1. The van der Waals surface area contributed by atoms with E-state index in [0.29, 0.717) is 34.5 Å². The van der Waals surface area contributed by atoms with Crippen LogP contribution in [-0.4, -0.2) is 26.7 Å². The first kappa shape index (κ1) is 40.4. The molecule has 0 fully saturated rings. The van der Waals surface area contributed by atoms with Crippen molar-refractivity contribution in [2.24, 2.45) is 0 Å². The zero-order valence-corrected chi connectivity index (χ0v) is 32.6. The summed E-state index contributed by atoms with van der Waals surface area (Å²) in [4.78, 5) is 18.3. The Morgan fingerprint density at radius 3 is 0.862 bits per heavy atom. The second-order valence-electron chi connectivity index (χ2n) is 12.5. The lowest BCUT2D eigenvalue weighted by atomic mass is 10.2. The van der Waals surface area contributed by atoms with E-state index in [1.165, 1.54) is 18.8 Å². The van der Waals surface area contributed by atoms with Gasteiger partial charge in [0.15, 0.2) is 36.1 Å². The van der Waals surface area contributed by atoms with Crippen molar-refractivity contribution in [3.63, 3.8) is 0 Å². The molecule has 0 amide bonds. The van der Waals surface area contributed by atoms with E-state index in [0.717, 1.165) is 38.8 Å². The predicted molar refractivity (Wildman–Crippen MR) is 222 cm³/mol. The Morgan fingerprint density at radius 2 is 0.621 bits per heavy atom. The highest BCUT2D eigenvalue weighted by molar-refractivity contribution is 5.61. The van der Waals surface area contributed by atoms with Crippen LogP contribution in [0.15, 0.2) is 183 Å². The fraction of sp³-hybridized carbons (Fsp3) is 0.125. The molecule has 0 aliphatic rings. The molecule has 0 unspecified atom stereocenters. The van der Waals surface area contributed by atoms with Crippen LogP contribution in [0.25, 0.3) is 17.3 Å². The monoisotopic (exact) mass is 779 g/mol. The van der Waals surface area contributed by atoms with Crippen LogP contribution in [0.1, 0.15) is 33.4 Å². The first-order valence-corrected chi connectivity index (χ1v) is 18.4. The highest BCUT2D eigenvalue weighted by Gasteiger charge is 2.15. The van der Waals surface area contributed by atoms with Gasteiger partial charge in [0.2, 0.25) is 5.39 Å². The second kappa shape index (κ2) is 21.7. The van der Waals surface area contributed by atoms with Crippen LogP contribution in [0.5, 0.6) is 17.2 Å². The first-order valence-electron chi connectivity index (χ1n) is 18.4. The molecule has 6 aromatic carbocycles. The van der Waals surface area contributed by atoms with Crippen molar-refractivity contribution in [2.75, 3.05) is 21.3 Å². The van der Waals surface area contributed by atoms with E-state index in [4.69, 9.17) is 42.9 Å². The maximum atomic E-state index is 6.30. The third kappa shape index (κ3) is 12.4. The van der Waals surface area contributed by atoms with Crippen molar-refractivity contribution in [3.8, 4) is 17.2 Å². The average Bonchev–Trinajstić information content (AvgIpc) is 3.30. The van der Waals surface area contributed by atoms with Gasteiger partial charge < -0.3 is 42.9 Å². The molecule has 296 valence electrons. The third-order valence-corrected chi connectivity index (χ3v) is 8.57. The molecule has 0 aliphatic carbocycles. The zero-order chi connectivity index (χ0) is 40.2. The topological polar surface area (TPSA) is 86.3 Å². The summed E-state index contributed by atoms with van der Waals surface area (Å²) in [5, 5.41) is 0.820. The van der Waals surface area contributed by atoms with Crippen LogP contribution in [0, 0.1) is 0 Å². The van der Waals surface area contributed by atoms with E-state index in [1.807, 2.05) is 164 Å². The standard InChI is InChI=1S/C48H45NO9/c1-50-43-25-19-40(20-26-43)46(53-31-37-13-7-4-8-14-37)34-56-49(57-35-47(41-21-27-44(51-2)28-22-41)54-32-38-15-9-5-10-16-38)58-36-48(42-23-29-45(52-3)30-24-42)55-33-39-17-11-6-12-18-39/h4-30,34-36H,31-33H2,1-3H3. The largest absolute Gasteiger partial charge is 0.497 e. The summed E-state index contributed by atoms with van der Waals surface area (Å²) >= 11 is 0. The SMILES string of the molecule is COc1ccc(C(=CON(OC=C(OCc2ccccc2)c2ccc(OC)cc2)OC=C(OCc2ccccc2)c2ccc(OC)cc2)OCc2ccccc2)cc1. The fourth-order valence-corrected chi connectivity index (χ4v) is 5.38. The first-order chi connectivity index (χ1) is 28.6. The Kier molecular flexibility index (Phi) is 15.1. The van der Waals surface area contributed by atoms with Gasteiger partial charge in [0.1, 0.15) is 37.1 Å². The van der Waals surface area contributed by atoms with Crippen LogP contribution < -0.4 is 14.2 Å². The van der Waals surface area contributed by atoms with Crippen LogP contribution >= 0.6 is 0 Å². The van der Waals surface area contributed by atoms with Crippen LogP contribution in [0.2, 0.25) is 0 Å². The summed E-state index contributed by atoms with van der Waals surface area (Å²) in [5.41, 5.74) is 5.07.